The van der Waals surface area contributed by atoms with E-state index in [1.54, 1.807) is 4.90 Å². The fourth-order valence-electron chi connectivity index (χ4n) is 1.40. The predicted octanol–water partition coefficient (Wildman–Crippen LogP) is 0.352. The van der Waals surface area contributed by atoms with Crippen LogP contribution in [0.25, 0.3) is 0 Å². The molecule has 0 aromatic carbocycles. The predicted molar refractivity (Wildman–Crippen MR) is 52.7 cm³/mol. The van der Waals surface area contributed by atoms with E-state index in [0.29, 0.717) is 6.04 Å². The van der Waals surface area contributed by atoms with Gasteiger partial charge in [0.05, 0.1) is 0 Å². The lowest BCUT2D eigenvalue weighted by molar-refractivity contribution is 0.197. The Morgan fingerprint density at radius 3 is 2.69 bits per heavy atom. The lowest BCUT2D eigenvalue weighted by atomic mass is 10.2. The van der Waals surface area contributed by atoms with Crippen molar-refractivity contribution < 1.29 is 4.79 Å². The summed E-state index contributed by atoms with van der Waals surface area (Å²) in [5.74, 6) is 0. The van der Waals surface area contributed by atoms with Crippen molar-refractivity contribution in [1.82, 2.24) is 15.1 Å². The molecule has 1 fully saturated rings. The van der Waals surface area contributed by atoms with Crippen molar-refractivity contribution in [1.29, 1.82) is 0 Å². The Morgan fingerprint density at radius 2 is 2.23 bits per heavy atom. The zero-order valence-corrected chi connectivity index (χ0v) is 8.71. The number of hydrogen-bond donors (Lipinski definition) is 1. The van der Waals surface area contributed by atoms with Gasteiger partial charge in [0, 0.05) is 32.7 Å². The molecule has 1 N–H and O–H groups in total. The lowest BCUT2D eigenvalue weighted by Gasteiger charge is -2.18. The molecule has 1 heterocycles. The van der Waals surface area contributed by atoms with Crippen molar-refractivity contribution >= 4 is 6.03 Å². The number of carbonyl (C=O) groups is 1. The molecule has 1 atom stereocenters. The molecule has 76 valence electrons. The first kappa shape index (κ1) is 10.3. The number of nitrogens with zero attached hydrogens (tertiary/aromatic N) is 2. The van der Waals surface area contributed by atoms with Crippen molar-refractivity contribution in [3.63, 3.8) is 0 Å². The number of amides is 2. The van der Waals surface area contributed by atoms with E-state index in [9.17, 15) is 4.79 Å². The van der Waals surface area contributed by atoms with Crippen LogP contribution >= 0.6 is 0 Å². The fourth-order valence-corrected chi connectivity index (χ4v) is 1.40. The molecule has 0 radical (unpaired) electrons. The van der Waals surface area contributed by atoms with E-state index < -0.39 is 0 Å². The van der Waals surface area contributed by atoms with Crippen LogP contribution in [-0.4, -0.2) is 55.6 Å². The Balaban J connectivity index is 2.26. The molecule has 0 aliphatic carbocycles. The zero-order chi connectivity index (χ0) is 9.84. The SMILES string of the molecule is CNC(C)CCN1CCN(C)C1=O. The highest BCUT2D eigenvalue weighted by molar-refractivity contribution is 5.76. The second kappa shape index (κ2) is 4.46. The summed E-state index contributed by atoms with van der Waals surface area (Å²) in [7, 11) is 3.80. The second-order valence-corrected chi connectivity index (χ2v) is 3.67. The maximum atomic E-state index is 11.4. The van der Waals surface area contributed by atoms with Crippen LogP contribution in [0.3, 0.4) is 0 Å². The summed E-state index contributed by atoms with van der Waals surface area (Å²) in [6.45, 7) is 4.74. The first-order valence-corrected chi connectivity index (χ1v) is 4.82. The highest BCUT2D eigenvalue weighted by Gasteiger charge is 2.24. The monoisotopic (exact) mass is 185 g/mol. The summed E-state index contributed by atoms with van der Waals surface area (Å²) in [5, 5.41) is 3.16. The Hall–Kier alpha value is -0.770. The van der Waals surface area contributed by atoms with Crippen molar-refractivity contribution in [2.75, 3.05) is 33.7 Å². The molecule has 2 amide bonds. The molecule has 13 heavy (non-hydrogen) atoms. The highest BCUT2D eigenvalue weighted by Crippen LogP contribution is 2.07. The molecule has 1 aliphatic rings. The van der Waals surface area contributed by atoms with Crippen LogP contribution in [0.1, 0.15) is 13.3 Å². The third kappa shape index (κ3) is 2.59. The average Bonchev–Trinajstić information content (AvgIpc) is 2.44. The molecule has 4 heteroatoms. The minimum absolute atomic E-state index is 0.170. The van der Waals surface area contributed by atoms with Gasteiger partial charge in [0.15, 0.2) is 0 Å². The number of likely N-dealkylation sites (N-methyl/N-ethyl adjacent to an activating group) is 1. The summed E-state index contributed by atoms with van der Waals surface area (Å²) in [6, 6.07) is 0.655. The van der Waals surface area contributed by atoms with Crippen molar-refractivity contribution in [3.8, 4) is 0 Å². The smallest absolute Gasteiger partial charge is 0.319 e. The van der Waals surface area contributed by atoms with Crippen LogP contribution in [-0.2, 0) is 0 Å². The number of hydrogen-bond acceptors (Lipinski definition) is 2. The molecule has 1 unspecified atom stereocenters. The van der Waals surface area contributed by atoms with Gasteiger partial charge in [-0.2, -0.15) is 0 Å². The number of rotatable bonds is 4. The molecular formula is C9H19N3O. The van der Waals surface area contributed by atoms with Gasteiger partial charge < -0.3 is 15.1 Å². The first-order valence-electron chi connectivity index (χ1n) is 4.82. The maximum Gasteiger partial charge on any atom is 0.319 e. The van der Waals surface area contributed by atoms with Crippen LogP contribution in [0.5, 0.6) is 0 Å². The van der Waals surface area contributed by atoms with E-state index in [4.69, 9.17) is 0 Å². The molecule has 1 aliphatic heterocycles. The lowest BCUT2D eigenvalue weighted by Crippen LogP contribution is -2.33. The number of carbonyl (C=O) groups excluding carboxylic acids is 1. The topological polar surface area (TPSA) is 35.6 Å². The third-order valence-electron chi connectivity index (χ3n) is 2.63. The zero-order valence-electron chi connectivity index (χ0n) is 8.71. The highest BCUT2D eigenvalue weighted by atomic mass is 16.2. The minimum Gasteiger partial charge on any atom is -0.326 e. The van der Waals surface area contributed by atoms with Crippen LogP contribution in [0.4, 0.5) is 4.79 Å². The molecule has 0 spiro atoms. The van der Waals surface area contributed by atoms with Crippen LogP contribution in [0, 0.1) is 0 Å². The molecular weight excluding hydrogens is 166 g/mol. The molecule has 0 aromatic heterocycles. The Bertz CT molecular complexity index is 184. The second-order valence-electron chi connectivity index (χ2n) is 3.67. The average molecular weight is 185 g/mol. The largest absolute Gasteiger partial charge is 0.326 e. The van der Waals surface area contributed by atoms with Gasteiger partial charge in [-0.3, -0.25) is 0 Å². The van der Waals surface area contributed by atoms with Crippen LogP contribution in [0.2, 0.25) is 0 Å². The van der Waals surface area contributed by atoms with E-state index in [1.165, 1.54) is 0 Å². The fraction of sp³-hybridized carbons (Fsp3) is 0.889. The van der Waals surface area contributed by atoms with Crippen molar-refractivity contribution in [3.05, 3.63) is 0 Å². The third-order valence-corrected chi connectivity index (χ3v) is 2.63. The first-order chi connectivity index (χ1) is 6.15. The quantitative estimate of drug-likeness (QED) is 0.686. The Kier molecular flexibility index (Phi) is 3.54. The van der Waals surface area contributed by atoms with E-state index in [-0.39, 0.29) is 6.03 Å². The van der Waals surface area contributed by atoms with Gasteiger partial charge in [0.1, 0.15) is 0 Å². The van der Waals surface area contributed by atoms with Gasteiger partial charge in [-0.15, -0.1) is 0 Å². The standard InChI is InChI=1S/C9H19N3O/c1-8(10-2)4-5-12-7-6-11(3)9(12)13/h8,10H,4-7H2,1-3H3. The summed E-state index contributed by atoms with van der Waals surface area (Å²) in [4.78, 5) is 15.1. The Labute approximate surface area is 79.9 Å². The molecule has 4 nitrogen and oxygen atoms in total. The van der Waals surface area contributed by atoms with Crippen LogP contribution in [0.15, 0.2) is 0 Å². The van der Waals surface area contributed by atoms with Crippen molar-refractivity contribution in [2.24, 2.45) is 0 Å². The molecule has 1 saturated heterocycles. The summed E-state index contributed by atoms with van der Waals surface area (Å²) in [5.41, 5.74) is 0. The Morgan fingerprint density at radius 1 is 1.54 bits per heavy atom. The van der Waals surface area contributed by atoms with E-state index in [2.05, 4.69) is 12.2 Å². The van der Waals surface area contributed by atoms with Gasteiger partial charge >= 0.3 is 6.03 Å². The molecule has 0 bridgehead atoms. The summed E-state index contributed by atoms with van der Waals surface area (Å²) in [6.07, 6.45) is 1.02. The molecule has 0 aromatic rings. The van der Waals surface area contributed by atoms with Gasteiger partial charge in [-0.05, 0) is 20.4 Å². The maximum absolute atomic E-state index is 11.4. The molecule has 0 saturated carbocycles. The number of urea groups is 1. The summed E-state index contributed by atoms with van der Waals surface area (Å²) >= 11 is 0. The molecule has 1 rings (SSSR count). The van der Waals surface area contributed by atoms with Gasteiger partial charge in [0.2, 0.25) is 0 Å². The van der Waals surface area contributed by atoms with Gasteiger partial charge in [0.25, 0.3) is 0 Å². The van der Waals surface area contributed by atoms with Gasteiger partial charge in [-0.1, -0.05) is 0 Å². The van der Waals surface area contributed by atoms with Gasteiger partial charge in [-0.25, -0.2) is 4.79 Å². The van der Waals surface area contributed by atoms with Crippen molar-refractivity contribution in [2.45, 2.75) is 19.4 Å². The van der Waals surface area contributed by atoms with E-state index in [1.807, 2.05) is 19.0 Å². The minimum atomic E-state index is 0.170. The summed E-state index contributed by atoms with van der Waals surface area (Å²) < 4.78 is 0. The normalized spacial score (nSPS) is 19.8. The van der Waals surface area contributed by atoms with Crippen LogP contribution < -0.4 is 5.32 Å². The van der Waals surface area contributed by atoms with E-state index in [0.717, 1.165) is 26.1 Å². The van der Waals surface area contributed by atoms with E-state index >= 15 is 0 Å². The number of nitrogens with one attached hydrogen (secondary N) is 1.